The molecule has 0 aliphatic carbocycles. The van der Waals surface area contributed by atoms with Crippen molar-refractivity contribution in [3.8, 4) is 11.1 Å². The van der Waals surface area contributed by atoms with Gasteiger partial charge in [0, 0.05) is 35.9 Å². The third-order valence-electron chi connectivity index (χ3n) is 2.84. The quantitative estimate of drug-likeness (QED) is 0.625. The number of fused-ring (bicyclic) bond motifs is 1. The summed E-state index contributed by atoms with van der Waals surface area (Å²) in [5.41, 5.74) is 3.67. The second kappa shape index (κ2) is 3.87. The van der Waals surface area contributed by atoms with E-state index in [9.17, 15) is 4.79 Å². The summed E-state index contributed by atoms with van der Waals surface area (Å²) in [6.45, 7) is 0. The summed E-state index contributed by atoms with van der Waals surface area (Å²) >= 11 is 0. The van der Waals surface area contributed by atoms with Gasteiger partial charge in [-0.2, -0.15) is 0 Å². The lowest BCUT2D eigenvalue weighted by atomic mass is 10.0. The van der Waals surface area contributed by atoms with Gasteiger partial charge < -0.3 is 4.40 Å². The molecular formula is C14H10N2O. The molecule has 0 N–H and O–H groups in total. The zero-order valence-electron chi connectivity index (χ0n) is 9.08. The van der Waals surface area contributed by atoms with Crippen LogP contribution in [0.4, 0.5) is 0 Å². The fourth-order valence-electron chi connectivity index (χ4n) is 2.03. The Morgan fingerprint density at radius 1 is 1.06 bits per heavy atom. The summed E-state index contributed by atoms with van der Waals surface area (Å²) in [6.07, 6.45) is 8.11. The zero-order valence-corrected chi connectivity index (χ0v) is 9.08. The fourth-order valence-corrected chi connectivity index (χ4v) is 2.03. The molecule has 3 heteroatoms. The van der Waals surface area contributed by atoms with Crippen molar-refractivity contribution < 1.29 is 4.79 Å². The molecule has 0 amide bonds. The van der Waals surface area contributed by atoms with Crippen LogP contribution in [0.3, 0.4) is 0 Å². The number of pyridine rings is 2. The summed E-state index contributed by atoms with van der Waals surface area (Å²) < 4.78 is 2.03. The molecular weight excluding hydrogens is 212 g/mol. The minimum Gasteiger partial charge on any atom is -0.323 e. The Kier molecular flexibility index (Phi) is 2.22. The van der Waals surface area contributed by atoms with Crippen LogP contribution in [0.1, 0.15) is 10.4 Å². The highest BCUT2D eigenvalue weighted by Gasteiger charge is 2.08. The van der Waals surface area contributed by atoms with Crippen LogP contribution >= 0.6 is 0 Å². The summed E-state index contributed by atoms with van der Waals surface area (Å²) in [6, 6.07) is 9.87. The molecule has 82 valence electrons. The monoisotopic (exact) mass is 222 g/mol. The van der Waals surface area contributed by atoms with Crippen molar-refractivity contribution in [3.05, 3.63) is 60.7 Å². The number of hydrogen-bond donors (Lipinski definition) is 0. The Balaban J connectivity index is 2.31. The average Bonchev–Trinajstić information content (AvgIpc) is 2.82. The van der Waals surface area contributed by atoms with Gasteiger partial charge in [0.2, 0.25) is 0 Å². The first-order valence-electron chi connectivity index (χ1n) is 5.35. The highest BCUT2D eigenvalue weighted by molar-refractivity contribution is 5.92. The topological polar surface area (TPSA) is 34.4 Å². The Morgan fingerprint density at radius 3 is 2.88 bits per heavy atom. The van der Waals surface area contributed by atoms with Gasteiger partial charge >= 0.3 is 0 Å². The third kappa shape index (κ3) is 1.52. The summed E-state index contributed by atoms with van der Waals surface area (Å²) in [5.74, 6) is 0. The standard InChI is InChI=1S/C14H10N2O/c17-10-11-9-15-6-4-12(11)13-5-8-16-7-2-1-3-14(13)16/h1-10H. The van der Waals surface area contributed by atoms with E-state index in [0.29, 0.717) is 5.56 Å². The van der Waals surface area contributed by atoms with Crippen molar-refractivity contribution in [1.82, 2.24) is 9.38 Å². The first-order valence-corrected chi connectivity index (χ1v) is 5.35. The lowest BCUT2D eigenvalue weighted by molar-refractivity contribution is 0.112. The predicted molar refractivity (Wildman–Crippen MR) is 66.0 cm³/mol. The van der Waals surface area contributed by atoms with E-state index in [2.05, 4.69) is 4.98 Å². The van der Waals surface area contributed by atoms with Crippen LogP contribution in [0.5, 0.6) is 0 Å². The second-order valence-corrected chi connectivity index (χ2v) is 3.80. The second-order valence-electron chi connectivity index (χ2n) is 3.80. The van der Waals surface area contributed by atoms with E-state index in [1.807, 2.05) is 47.1 Å². The summed E-state index contributed by atoms with van der Waals surface area (Å²) in [5, 5.41) is 0. The molecule has 0 aliphatic heterocycles. The molecule has 0 radical (unpaired) electrons. The molecule has 3 aromatic heterocycles. The molecule has 0 spiro atoms. The maximum Gasteiger partial charge on any atom is 0.152 e. The minimum atomic E-state index is 0.615. The maximum absolute atomic E-state index is 11.0. The number of nitrogens with zero attached hydrogens (tertiary/aromatic N) is 2. The van der Waals surface area contributed by atoms with Gasteiger partial charge in [0.25, 0.3) is 0 Å². The van der Waals surface area contributed by atoms with Crippen molar-refractivity contribution in [1.29, 1.82) is 0 Å². The van der Waals surface area contributed by atoms with Gasteiger partial charge in [0.15, 0.2) is 6.29 Å². The molecule has 0 aromatic carbocycles. The van der Waals surface area contributed by atoms with Crippen LogP contribution in [-0.2, 0) is 0 Å². The number of hydrogen-bond acceptors (Lipinski definition) is 2. The molecule has 3 rings (SSSR count). The molecule has 3 nitrogen and oxygen atoms in total. The molecule has 0 aliphatic rings. The lowest BCUT2D eigenvalue weighted by Gasteiger charge is -2.03. The van der Waals surface area contributed by atoms with Crippen molar-refractivity contribution in [2.24, 2.45) is 0 Å². The zero-order chi connectivity index (χ0) is 11.7. The highest BCUT2D eigenvalue weighted by atomic mass is 16.1. The van der Waals surface area contributed by atoms with Gasteiger partial charge in [-0.25, -0.2) is 0 Å². The molecule has 0 saturated heterocycles. The fraction of sp³-hybridized carbons (Fsp3) is 0. The number of rotatable bonds is 2. The Hall–Kier alpha value is -2.42. The van der Waals surface area contributed by atoms with E-state index in [-0.39, 0.29) is 0 Å². The van der Waals surface area contributed by atoms with Crippen LogP contribution in [0.25, 0.3) is 16.6 Å². The average molecular weight is 222 g/mol. The molecule has 0 saturated carbocycles. The van der Waals surface area contributed by atoms with Gasteiger partial charge in [-0.1, -0.05) is 6.07 Å². The van der Waals surface area contributed by atoms with Crippen LogP contribution < -0.4 is 0 Å². The molecule has 0 unspecified atom stereocenters. The smallest absolute Gasteiger partial charge is 0.152 e. The Labute approximate surface area is 98.4 Å². The van der Waals surface area contributed by atoms with Gasteiger partial charge in [-0.3, -0.25) is 9.78 Å². The van der Waals surface area contributed by atoms with E-state index < -0.39 is 0 Å². The van der Waals surface area contributed by atoms with Crippen molar-refractivity contribution in [2.75, 3.05) is 0 Å². The maximum atomic E-state index is 11.0. The van der Waals surface area contributed by atoms with E-state index in [1.54, 1.807) is 12.4 Å². The molecule has 17 heavy (non-hydrogen) atoms. The largest absolute Gasteiger partial charge is 0.323 e. The highest BCUT2D eigenvalue weighted by Crippen LogP contribution is 2.27. The normalized spacial score (nSPS) is 10.6. The number of aldehydes is 1. The van der Waals surface area contributed by atoms with E-state index in [1.165, 1.54) is 0 Å². The minimum absolute atomic E-state index is 0.615. The van der Waals surface area contributed by atoms with Crippen LogP contribution in [0.2, 0.25) is 0 Å². The number of carbonyl (C=O) groups is 1. The molecule has 0 atom stereocenters. The van der Waals surface area contributed by atoms with E-state index in [4.69, 9.17) is 0 Å². The predicted octanol–water partition coefficient (Wildman–Crippen LogP) is 2.81. The number of carbonyl (C=O) groups excluding carboxylic acids is 1. The van der Waals surface area contributed by atoms with Crippen molar-refractivity contribution >= 4 is 11.8 Å². The van der Waals surface area contributed by atoms with Gasteiger partial charge in [-0.15, -0.1) is 0 Å². The van der Waals surface area contributed by atoms with Gasteiger partial charge in [-0.05, 0) is 29.8 Å². The summed E-state index contributed by atoms with van der Waals surface area (Å²) in [4.78, 5) is 15.0. The Bertz CT molecular complexity index is 685. The van der Waals surface area contributed by atoms with Crippen molar-refractivity contribution in [3.63, 3.8) is 0 Å². The molecule has 0 bridgehead atoms. The van der Waals surface area contributed by atoms with Crippen LogP contribution in [0.15, 0.2) is 55.1 Å². The SMILES string of the molecule is O=Cc1cnccc1-c1ccn2ccccc12. The first-order chi connectivity index (χ1) is 8.40. The van der Waals surface area contributed by atoms with Crippen LogP contribution in [0, 0.1) is 0 Å². The molecule has 0 fully saturated rings. The first kappa shape index (κ1) is 9.78. The van der Waals surface area contributed by atoms with E-state index >= 15 is 0 Å². The van der Waals surface area contributed by atoms with Gasteiger partial charge in [0.05, 0.1) is 5.52 Å². The van der Waals surface area contributed by atoms with Crippen LogP contribution in [-0.4, -0.2) is 15.7 Å². The van der Waals surface area contributed by atoms with E-state index in [0.717, 1.165) is 22.9 Å². The number of aromatic nitrogens is 2. The third-order valence-corrected chi connectivity index (χ3v) is 2.84. The molecule has 3 heterocycles. The lowest BCUT2D eigenvalue weighted by Crippen LogP contribution is -1.88. The summed E-state index contributed by atoms with van der Waals surface area (Å²) in [7, 11) is 0. The Morgan fingerprint density at radius 2 is 2.00 bits per heavy atom. The van der Waals surface area contributed by atoms with Gasteiger partial charge in [0.1, 0.15) is 0 Å². The van der Waals surface area contributed by atoms with Crippen molar-refractivity contribution in [2.45, 2.75) is 0 Å². The molecule has 3 aromatic rings.